The van der Waals surface area contributed by atoms with Gasteiger partial charge < -0.3 is 19.9 Å². The number of amides is 1. The number of rotatable bonds is 4. The summed E-state index contributed by atoms with van der Waals surface area (Å²) in [6.07, 6.45) is 2.56. The van der Waals surface area contributed by atoms with Gasteiger partial charge in [-0.3, -0.25) is 14.5 Å². The SMILES string of the molecule is CNC(=O)c1ccc(N2CCN(CC3Cc4[nH]c(=O)c5ccccc5c4CO3)CC2)cn1. The van der Waals surface area contributed by atoms with Crippen LogP contribution in [0.25, 0.3) is 10.8 Å². The van der Waals surface area contributed by atoms with E-state index < -0.39 is 0 Å². The van der Waals surface area contributed by atoms with E-state index in [4.69, 9.17) is 4.74 Å². The van der Waals surface area contributed by atoms with Gasteiger partial charge in [0.2, 0.25) is 0 Å². The maximum Gasteiger partial charge on any atom is 0.269 e. The van der Waals surface area contributed by atoms with Gasteiger partial charge in [0.1, 0.15) is 5.69 Å². The number of ether oxygens (including phenoxy) is 1. The van der Waals surface area contributed by atoms with Gasteiger partial charge in [0, 0.05) is 62.8 Å². The number of hydrogen-bond donors (Lipinski definition) is 2. The first-order chi connectivity index (χ1) is 15.6. The molecule has 1 aromatic carbocycles. The van der Waals surface area contributed by atoms with Crippen molar-refractivity contribution in [1.29, 1.82) is 0 Å². The Hall–Kier alpha value is -3.23. The second kappa shape index (κ2) is 8.72. The number of carbonyl (C=O) groups excluding carboxylic acids is 1. The fraction of sp³-hybridized carbons (Fsp3) is 0.375. The normalized spacial score (nSPS) is 19.0. The number of carbonyl (C=O) groups is 1. The molecule has 1 atom stereocenters. The molecule has 5 rings (SSSR count). The maximum absolute atomic E-state index is 12.5. The summed E-state index contributed by atoms with van der Waals surface area (Å²) in [5.41, 5.74) is 3.55. The summed E-state index contributed by atoms with van der Waals surface area (Å²) in [6.45, 7) is 5.02. The highest BCUT2D eigenvalue weighted by Crippen LogP contribution is 2.26. The van der Waals surface area contributed by atoms with E-state index in [9.17, 15) is 9.59 Å². The van der Waals surface area contributed by atoms with Crippen molar-refractivity contribution in [1.82, 2.24) is 20.2 Å². The number of H-pyrrole nitrogens is 1. The van der Waals surface area contributed by atoms with Crippen LogP contribution >= 0.6 is 0 Å². The van der Waals surface area contributed by atoms with E-state index in [0.29, 0.717) is 12.3 Å². The highest BCUT2D eigenvalue weighted by molar-refractivity contribution is 5.92. The van der Waals surface area contributed by atoms with Crippen LogP contribution < -0.4 is 15.8 Å². The van der Waals surface area contributed by atoms with E-state index in [-0.39, 0.29) is 17.6 Å². The predicted molar refractivity (Wildman–Crippen MR) is 123 cm³/mol. The lowest BCUT2D eigenvalue weighted by Gasteiger charge is -2.38. The third-order valence-corrected chi connectivity index (χ3v) is 6.43. The molecular formula is C24H27N5O3. The summed E-state index contributed by atoms with van der Waals surface area (Å²) in [7, 11) is 1.60. The quantitative estimate of drug-likeness (QED) is 0.649. The minimum absolute atomic E-state index is 0.0235. The molecule has 1 unspecified atom stereocenters. The molecular weight excluding hydrogens is 406 g/mol. The number of nitrogens with one attached hydrogen (secondary N) is 2. The fourth-order valence-electron chi connectivity index (χ4n) is 4.64. The smallest absolute Gasteiger partial charge is 0.269 e. The van der Waals surface area contributed by atoms with Gasteiger partial charge in [0.05, 0.1) is 24.6 Å². The molecule has 0 saturated carbocycles. The van der Waals surface area contributed by atoms with Crippen molar-refractivity contribution in [2.24, 2.45) is 0 Å². The predicted octanol–water partition coefficient (Wildman–Crippen LogP) is 1.55. The molecule has 32 heavy (non-hydrogen) atoms. The molecule has 4 heterocycles. The minimum atomic E-state index is -0.176. The number of aromatic nitrogens is 2. The number of hydrogen-bond acceptors (Lipinski definition) is 6. The van der Waals surface area contributed by atoms with Crippen molar-refractivity contribution in [3.8, 4) is 0 Å². The van der Waals surface area contributed by atoms with Gasteiger partial charge in [-0.2, -0.15) is 0 Å². The molecule has 1 fully saturated rings. The van der Waals surface area contributed by atoms with Crippen molar-refractivity contribution < 1.29 is 9.53 Å². The highest BCUT2D eigenvalue weighted by atomic mass is 16.5. The molecule has 8 heteroatoms. The van der Waals surface area contributed by atoms with Crippen LogP contribution in [0, 0.1) is 0 Å². The van der Waals surface area contributed by atoms with Gasteiger partial charge >= 0.3 is 0 Å². The average Bonchev–Trinajstić information content (AvgIpc) is 2.84. The van der Waals surface area contributed by atoms with Crippen LogP contribution in [-0.4, -0.2) is 66.7 Å². The molecule has 8 nitrogen and oxygen atoms in total. The van der Waals surface area contributed by atoms with Crippen molar-refractivity contribution in [2.75, 3.05) is 44.7 Å². The Balaban J connectivity index is 1.19. The number of benzene rings is 1. The first-order valence-electron chi connectivity index (χ1n) is 11.0. The summed E-state index contributed by atoms with van der Waals surface area (Å²) < 4.78 is 6.19. The Morgan fingerprint density at radius 2 is 1.94 bits per heavy atom. The largest absolute Gasteiger partial charge is 0.372 e. The molecule has 166 valence electrons. The molecule has 0 bridgehead atoms. The second-order valence-electron chi connectivity index (χ2n) is 8.36. The molecule has 0 radical (unpaired) electrons. The van der Waals surface area contributed by atoms with E-state index in [0.717, 1.165) is 66.9 Å². The molecule has 2 aliphatic heterocycles. The molecule has 0 aliphatic carbocycles. The number of aromatic amines is 1. The molecule has 1 amide bonds. The van der Waals surface area contributed by atoms with Gasteiger partial charge in [0.15, 0.2) is 0 Å². The van der Waals surface area contributed by atoms with Gasteiger partial charge in [0.25, 0.3) is 11.5 Å². The van der Waals surface area contributed by atoms with Crippen molar-refractivity contribution >= 4 is 22.4 Å². The number of fused-ring (bicyclic) bond motifs is 3. The topological polar surface area (TPSA) is 90.6 Å². The summed E-state index contributed by atoms with van der Waals surface area (Å²) >= 11 is 0. The first-order valence-corrected chi connectivity index (χ1v) is 11.0. The Morgan fingerprint density at radius 3 is 2.66 bits per heavy atom. The van der Waals surface area contributed by atoms with Crippen LogP contribution in [0.2, 0.25) is 0 Å². The zero-order chi connectivity index (χ0) is 22.1. The van der Waals surface area contributed by atoms with Crippen LogP contribution in [0.1, 0.15) is 21.7 Å². The molecule has 1 saturated heterocycles. The Morgan fingerprint density at radius 1 is 1.16 bits per heavy atom. The molecule has 3 aromatic rings. The Bertz CT molecular complexity index is 1180. The lowest BCUT2D eigenvalue weighted by Crippen LogP contribution is -2.49. The standard InChI is InChI=1S/C24H27N5O3/c1-25-24(31)21-7-6-16(13-26-21)29-10-8-28(9-11-29)14-17-12-22-20(15-32-17)18-4-2-3-5-19(18)23(30)27-22/h2-7,13,17H,8-12,14-15H2,1H3,(H,25,31)(H,27,30). The Labute approximate surface area is 186 Å². The van der Waals surface area contributed by atoms with E-state index in [1.807, 2.05) is 30.3 Å². The lowest BCUT2D eigenvalue weighted by molar-refractivity contribution is 0.00351. The third-order valence-electron chi connectivity index (χ3n) is 6.43. The zero-order valence-electron chi connectivity index (χ0n) is 18.1. The summed E-state index contributed by atoms with van der Waals surface area (Å²) in [4.78, 5) is 36.2. The number of pyridine rings is 2. The number of piperazine rings is 1. The summed E-state index contributed by atoms with van der Waals surface area (Å²) in [5, 5.41) is 4.31. The van der Waals surface area contributed by atoms with E-state index in [2.05, 4.69) is 25.1 Å². The fourth-order valence-corrected chi connectivity index (χ4v) is 4.64. The van der Waals surface area contributed by atoms with E-state index in [1.54, 1.807) is 19.3 Å². The molecule has 0 spiro atoms. The van der Waals surface area contributed by atoms with Crippen molar-refractivity contribution in [2.45, 2.75) is 19.1 Å². The zero-order valence-corrected chi connectivity index (χ0v) is 18.1. The monoisotopic (exact) mass is 433 g/mol. The van der Waals surface area contributed by atoms with Crippen LogP contribution in [-0.2, 0) is 17.8 Å². The van der Waals surface area contributed by atoms with Crippen LogP contribution in [0.15, 0.2) is 47.4 Å². The van der Waals surface area contributed by atoms with Crippen LogP contribution in [0.4, 0.5) is 5.69 Å². The third kappa shape index (κ3) is 3.99. The Kier molecular flexibility index (Phi) is 5.63. The van der Waals surface area contributed by atoms with Gasteiger partial charge in [-0.05, 0) is 23.6 Å². The number of nitrogens with zero attached hydrogens (tertiary/aromatic N) is 3. The van der Waals surface area contributed by atoms with Gasteiger partial charge in [-0.15, -0.1) is 0 Å². The first kappa shape index (κ1) is 20.7. The van der Waals surface area contributed by atoms with Gasteiger partial charge in [-0.25, -0.2) is 4.98 Å². The van der Waals surface area contributed by atoms with Crippen LogP contribution in [0.3, 0.4) is 0 Å². The maximum atomic E-state index is 12.5. The molecule has 2 aliphatic rings. The summed E-state index contributed by atoms with van der Waals surface area (Å²) in [5.74, 6) is -0.176. The highest BCUT2D eigenvalue weighted by Gasteiger charge is 2.26. The van der Waals surface area contributed by atoms with Gasteiger partial charge in [-0.1, -0.05) is 18.2 Å². The van der Waals surface area contributed by atoms with E-state index in [1.165, 1.54) is 0 Å². The summed E-state index contributed by atoms with van der Waals surface area (Å²) in [6, 6.07) is 11.4. The molecule has 2 aromatic heterocycles. The minimum Gasteiger partial charge on any atom is -0.372 e. The van der Waals surface area contributed by atoms with Crippen molar-refractivity contribution in [3.05, 3.63) is 69.9 Å². The van der Waals surface area contributed by atoms with Crippen LogP contribution in [0.5, 0.6) is 0 Å². The van der Waals surface area contributed by atoms with Crippen molar-refractivity contribution in [3.63, 3.8) is 0 Å². The second-order valence-corrected chi connectivity index (χ2v) is 8.36. The van der Waals surface area contributed by atoms with E-state index >= 15 is 0 Å². The number of anilines is 1. The average molecular weight is 434 g/mol. The molecule has 2 N–H and O–H groups in total. The lowest BCUT2D eigenvalue weighted by atomic mass is 9.98.